The first kappa shape index (κ1) is 13.4. The van der Waals surface area contributed by atoms with Crippen LogP contribution in [0.3, 0.4) is 0 Å². The van der Waals surface area contributed by atoms with Crippen molar-refractivity contribution in [3.8, 4) is 0 Å². The standard InChI is InChI=1S/C12H16N4O2S/c1-7-10(13)5-4-6-11(7)19(17,18)16-12-8(2)14-15-9(12)3/h4-6,16H,13H2,1-3H3,(H,14,15). The van der Waals surface area contributed by atoms with Crippen molar-refractivity contribution in [1.82, 2.24) is 10.2 Å². The van der Waals surface area contributed by atoms with Crippen LogP contribution in [0.2, 0.25) is 0 Å². The van der Waals surface area contributed by atoms with Gasteiger partial charge in [-0.3, -0.25) is 9.82 Å². The number of hydrogen-bond acceptors (Lipinski definition) is 4. The normalized spacial score (nSPS) is 11.5. The fourth-order valence-corrected chi connectivity index (χ4v) is 3.27. The number of sulfonamides is 1. The van der Waals surface area contributed by atoms with Crippen LogP contribution in [-0.4, -0.2) is 18.6 Å². The molecule has 7 heteroatoms. The average molecular weight is 280 g/mol. The van der Waals surface area contributed by atoms with Crippen molar-refractivity contribution < 1.29 is 8.42 Å². The first-order valence-electron chi connectivity index (χ1n) is 5.72. The fourth-order valence-electron chi connectivity index (χ4n) is 1.81. The van der Waals surface area contributed by atoms with Gasteiger partial charge in [0.05, 0.1) is 22.0 Å². The smallest absolute Gasteiger partial charge is 0.262 e. The van der Waals surface area contributed by atoms with Crippen LogP contribution >= 0.6 is 0 Å². The van der Waals surface area contributed by atoms with E-state index in [1.54, 1.807) is 32.9 Å². The summed E-state index contributed by atoms with van der Waals surface area (Å²) >= 11 is 0. The molecule has 102 valence electrons. The van der Waals surface area contributed by atoms with Crippen molar-refractivity contribution in [2.75, 3.05) is 10.5 Å². The largest absolute Gasteiger partial charge is 0.398 e. The molecule has 0 fully saturated rings. The number of nitrogen functional groups attached to an aromatic ring is 1. The van der Waals surface area contributed by atoms with Crippen LogP contribution in [0.25, 0.3) is 0 Å². The molecule has 0 aliphatic rings. The zero-order valence-electron chi connectivity index (χ0n) is 11.0. The minimum atomic E-state index is -3.67. The number of anilines is 2. The second kappa shape index (κ2) is 4.58. The van der Waals surface area contributed by atoms with Gasteiger partial charge in [0.1, 0.15) is 0 Å². The number of H-pyrrole nitrogens is 1. The van der Waals surface area contributed by atoms with E-state index >= 15 is 0 Å². The van der Waals surface area contributed by atoms with E-state index in [1.807, 2.05) is 0 Å². The van der Waals surface area contributed by atoms with Crippen molar-refractivity contribution in [3.05, 3.63) is 35.2 Å². The maximum Gasteiger partial charge on any atom is 0.262 e. The highest BCUT2D eigenvalue weighted by atomic mass is 32.2. The summed E-state index contributed by atoms with van der Waals surface area (Å²) in [7, 11) is -3.67. The van der Waals surface area contributed by atoms with Crippen LogP contribution in [0.1, 0.15) is 17.0 Å². The zero-order chi connectivity index (χ0) is 14.2. The van der Waals surface area contributed by atoms with E-state index in [1.165, 1.54) is 6.07 Å². The van der Waals surface area contributed by atoms with Crippen LogP contribution < -0.4 is 10.5 Å². The molecule has 1 heterocycles. The molecule has 2 aromatic rings. The minimum Gasteiger partial charge on any atom is -0.398 e. The Balaban J connectivity index is 2.47. The molecule has 0 atom stereocenters. The van der Waals surface area contributed by atoms with E-state index < -0.39 is 10.0 Å². The number of nitrogens with two attached hydrogens (primary N) is 1. The first-order chi connectivity index (χ1) is 8.83. The number of benzene rings is 1. The Morgan fingerprint density at radius 3 is 2.53 bits per heavy atom. The predicted molar refractivity (Wildman–Crippen MR) is 74.5 cm³/mol. The number of nitrogens with one attached hydrogen (secondary N) is 2. The monoisotopic (exact) mass is 280 g/mol. The van der Waals surface area contributed by atoms with Gasteiger partial charge in [0, 0.05) is 5.69 Å². The van der Waals surface area contributed by atoms with E-state index in [4.69, 9.17) is 5.73 Å². The molecule has 0 aliphatic heterocycles. The number of aromatic amines is 1. The Bertz CT molecular complexity index is 700. The topological polar surface area (TPSA) is 101 Å². The zero-order valence-corrected chi connectivity index (χ0v) is 11.8. The number of aromatic nitrogens is 2. The van der Waals surface area contributed by atoms with E-state index in [0.29, 0.717) is 28.3 Å². The third-order valence-corrected chi connectivity index (χ3v) is 4.47. The quantitative estimate of drug-likeness (QED) is 0.745. The molecule has 19 heavy (non-hydrogen) atoms. The highest BCUT2D eigenvalue weighted by molar-refractivity contribution is 7.92. The predicted octanol–water partition coefficient (Wildman–Crippen LogP) is 1.72. The molecule has 1 aromatic carbocycles. The molecule has 2 rings (SSSR count). The maximum atomic E-state index is 12.4. The second-order valence-corrected chi connectivity index (χ2v) is 6.04. The van der Waals surface area contributed by atoms with Gasteiger partial charge in [-0.1, -0.05) is 6.07 Å². The molecule has 0 bridgehead atoms. The number of rotatable bonds is 3. The molecule has 4 N–H and O–H groups in total. The maximum absolute atomic E-state index is 12.4. The average Bonchev–Trinajstić information content (AvgIpc) is 2.64. The van der Waals surface area contributed by atoms with Crippen molar-refractivity contribution in [1.29, 1.82) is 0 Å². The van der Waals surface area contributed by atoms with Gasteiger partial charge in [0.2, 0.25) is 0 Å². The molecule has 0 spiro atoms. The summed E-state index contributed by atoms with van der Waals surface area (Å²) in [6, 6.07) is 4.81. The van der Waals surface area contributed by atoms with Gasteiger partial charge in [-0.05, 0) is 38.5 Å². The summed E-state index contributed by atoms with van der Waals surface area (Å²) in [6.45, 7) is 5.16. The summed E-state index contributed by atoms with van der Waals surface area (Å²) in [5.74, 6) is 0. The molecule has 0 amide bonds. The van der Waals surface area contributed by atoms with Gasteiger partial charge in [0.25, 0.3) is 10.0 Å². The van der Waals surface area contributed by atoms with Crippen LogP contribution in [0.15, 0.2) is 23.1 Å². The minimum absolute atomic E-state index is 0.174. The highest BCUT2D eigenvalue weighted by Crippen LogP contribution is 2.25. The van der Waals surface area contributed by atoms with Gasteiger partial charge < -0.3 is 5.73 Å². The van der Waals surface area contributed by atoms with Crippen LogP contribution in [0.5, 0.6) is 0 Å². The summed E-state index contributed by atoms with van der Waals surface area (Å²) in [5, 5.41) is 6.69. The lowest BCUT2D eigenvalue weighted by atomic mass is 10.2. The van der Waals surface area contributed by atoms with E-state index in [9.17, 15) is 8.42 Å². The van der Waals surface area contributed by atoms with Crippen molar-refractivity contribution in [2.45, 2.75) is 25.7 Å². The van der Waals surface area contributed by atoms with E-state index in [-0.39, 0.29) is 4.90 Å². The van der Waals surface area contributed by atoms with Crippen LogP contribution in [-0.2, 0) is 10.0 Å². The summed E-state index contributed by atoms with van der Waals surface area (Å²) in [4.78, 5) is 0.174. The molecule has 0 saturated carbocycles. The lowest BCUT2D eigenvalue weighted by molar-refractivity contribution is 0.600. The Morgan fingerprint density at radius 1 is 1.26 bits per heavy atom. The third kappa shape index (κ3) is 2.41. The van der Waals surface area contributed by atoms with Crippen molar-refractivity contribution in [2.24, 2.45) is 0 Å². The Hall–Kier alpha value is -2.02. The summed E-state index contributed by atoms with van der Waals surface area (Å²) < 4.78 is 27.3. The molecule has 0 saturated heterocycles. The SMILES string of the molecule is Cc1n[nH]c(C)c1NS(=O)(=O)c1cccc(N)c1C. The van der Waals surface area contributed by atoms with Gasteiger partial charge in [0.15, 0.2) is 0 Å². The van der Waals surface area contributed by atoms with Crippen LogP contribution in [0, 0.1) is 20.8 Å². The second-order valence-electron chi connectivity index (χ2n) is 4.38. The molecule has 1 aromatic heterocycles. The van der Waals surface area contributed by atoms with Gasteiger partial charge in [-0.25, -0.2) is 8.42 Å². The van der Waals surface area contributed by atoms with Gasteiger partial charge in [-0.2, -0.15) is 5.10 Å². The molecule has 0 radical (unpaired) electrons. The van der Waals surface area contributed by atoms with E-state index in [2.05, 4.69) is 14.9 Å². The van der Waals surface area contributed by atoms with Crippen molar-refractivity contribution in [3.63, 3.8) is 0 Å². The fraction of sp³-hybridized carbons (Fsp3) is 0.250. The Labute approximate surface area is 112 Å². The molecule has 0 aliphatic carbocycles. The van der Waals surface area contributed by atoms with Gasteiger partial charge >= 0.3 is 0 Å². The van der Waals surface area contributed by atoms with Crippen molar-refractivity contribution >= 4 is 21.4 Å². The lowest BCUT2D eigenvalue weighted by Crippen LogP contribution is -2.15. The lowest BCUT2D eigenvalue weighted by Gasteiger charge is -2.11. The number of nitrogens with zero attached hydrogens (tertiary/aromatic N) is 1. The summed E-state index contributed by atoms with van der Waals surface area (Å²) in [6.07, 6.45) is 0. The highest BCUT2D eigenvalue weighted by Gasteiger charge is 2.20. The molecule has 0 unspecified atom stereocenters. The van der Waals surface area contributed by atoms with Gasteiger partial charge in [-0.15, -0.1) is 0 Å². The number of aryl methyl sites for hydroxylation is 2. The Morgan fingerprint density at radius 2 is 1.95 bits per heavy atom. The third-order valence-electron chi connectivity index (χ3n) is 2.98. The van der Waals surface area contributed by atoms with Crippen LogP contribution in [0.4, 0.5) is 11.4 Å². The summed E-state index contributed by atoms with van der Waals surface area (Å²) in [5.41, 5.74) is 8.47. The first-order valence-corrected chi connectivity index (χ1v) is 7.20. The molecule has 6 nitrogen and oxygen atoms in total. The molecular weight excluding hydrogens is 264 g/mol. The molecular formula is C12H16N4O2S. The number of hydrogen-bond donors (Lipinski definition) is 3. The van der Waals surface area contributed by atoms with E-state index in [0.717, 1.165) is 0 Å². The Kier molecular flexibility index (Phi) is 3.23.